The van der Waals surface area contributed by atoms with Crippen LogP contribution in [0.25, 0.3) is 10.9 Å². The van der Waals surface area contributed by atoms with Crippen molar-refractivity contribution in [3.8, 4) is 5.88 Å². The van der Waals surface area contributed by atoms with E-state index >= 15 is 0 Å². The molecule has 0 aliphatic heterocycles. The third kappa shape index (κ3) is 3.48. The fourth-order valence-electron chi connectivity index (χ4n) is 8.62. The molecule has 4 aliphatic carbocycles. The van der Waals surface area contributed by atoms with E-state index in [1.807, 2.05) is 19.9 Å². The summed E-state index contributed by atoms with van der Waals surface area (Å²) in [4.78, 5) is 34.3. The maximum absolute atomic E-state index is 13.8. The summed E-state index contributed by atoms with van der Waals surface area (Å²) in [5.74, 6) is -0.347. The number of nitrogens with zero attached hydrogens (tertiary/aromatic N) is 2. The molecule has 2 aromatic rings. The Morgan fingerprint density at radius 2 is 2.05 bits per heavy atom. The van der Waals surface area contributed by atoms with E-state index in [-0.39, 0.29) is 41.9 Å². The van der Waals surface area contributed by atoms with E-state index in [0.29, 0.717) is 28.8 Å². The highest BCUT2D eigenvalue weighted by atomic mass is 35.5. The van der Waals surface area contributed by atoms with Gasteiger partial charge in [0.2, 0.25) is 11.7 Å². The Hall–Kier alpha value is -2.61. The third-order valence-electron chi connectivity index (χ3n) is 10.4. The van der Waals surface area contributed by atoms with Gasteiger partial charge >= 0.3 is 0 Å². The molecule has 3 fully saturated rings. The van der Waals surface area contributed by atoms with Gasteiger partial charge in [-0.3, -0.25) is 9.59 Å². The molecule has 0 saturated heterocycles. The molecule has 200 valence electrons. The zero-order valence-corrected chi connectivity index (χ0v) is 22.6. The van der Waals surface area contributed by atoms with Crippen LogP contribution in [0, 0.1) is 34.5 Å². The molecule has 6 rings (SSSR count). The van der Waals surface area contributed by atoms with Crippen molar-refractivity contribution < 1.29 is 24.5 Å². The smallest absolute Gasteiger partial charge is 0.224 e. The number of aliphatic hydroxyl groups excluding tert-OH is 1. The van der Waals surface area contributed by atoms with Crippen LogP contribution in [0.5, 0.6) is 5.88 Å². The van der Waals surface area contributed by atoms with Gasteiger partial charge in [0.25, 0.3) is 0 Å². The maximum atomic E-state index is 13.8. The van der Waals surface area contributed by atoms with E-state index in [0.717, 1.165) is 18.4 Å². The fourth-order valence-corrected chi connectivity index (χ4v) is 8.79. The zero-order valence-electron chi connectivity index (χ0n) is 21.9. The van der Waals surface area contributed by atoms with Crippen molar-refractivity contribution in [2.45, 2.75) is 58.2 Å². The molecule has 4 aliphatic rings. The molecule has 0 spiro atoms. The highest BCUT2D eigenvalue weighted by molar-refractivity contribution is 6.31. The molecule has 0 bridgehead atoms. The van der Waals surface area contributed by atoms with Gasteiger partial charge in [0.05, 0.1) is 17.0 Å². The van der Waals surface area contributed by atoms with E-state index in [1.54, 1.807) is 30.4 Å². The Labute approximate surface area is 227 Å². The average Bonchev–Trinajstić information content (AvgIpc) is 3.08. The molecule has 1 aromatic heterocycles. The maximum Gasteiger partial charge on any atom is 0.224 e. The van der Waals surface area contributed by atoms with Crippen LogP contribution in [0.1, 0.15) is 46.5 Å². The largest absolute Gasteiger partial charge is 0.469 e. The highest BCUT2D eigenvalue weighted by Gasteiger charge is 2.70. The minimum atomic E-state index is -1.65. The van der Waals surface area contributed by atoms with Gasteiger partial charge in [0, 0.05) is 21.8 Å². The van der Waals surface area contributed by atoms with Gasteiger partial charge in [0.15, 0.2) is 12.4 Å². The number of carbonyl (C=O) groups is 2. The van der Waals surface area contributed by atoms with Crippen LogP contribution in [-0.4, -0.2) is 50.1 Å². The molecular weight excluding hydrogens is 504 g/mol. The summed E-state index contributed by atoms with van der Waals surface area (Å²) < 4.78 is 5.89. The molecule has 8 atom stereocenters. The molecule has 5 unspecified atom stereocenters. The van der Waals surface area contributed by atoms with Gasteiger partial charge in [0.1, 0.15) is 11.9 Å². The van der Waals surface area contributed by atoms with Gasteiger partial charge in [-0.25, -0.2) is 9.97 Å². The number of hydrogen-bond acceptors (Lipinski definition) is 7. The molecule has 8 heteroatoms. The number of allylic oxidation sites excluding steroid dienone is 4. The number of fused-ring (bicyclic) bond motifs is 6. The van der Waals surface area contributed by atoms with Crippen molar-refractivity contribution >= 4 is 34.1 Å². The van der Waals surface area contributed by atoms with Crippen molar-refractivity contribution in [1.82, 2.24) is 9.97 Å². The molecule has 3 saturated carbocycles. The van der Waals surface area contributed by atoms with Crippen LogP contribution >= 0.6 is 11.6 Å². The second-order valence-corrected chi connectivity index (χ2v) is 12.6. The summed E-state index contributed by atoms with van der Waals surface area (Å²) in [6, 6.07) is 5.18. The quantitative estimate of drug-likeness (QED) is 0.592. The van der Waals surface area contributed by atoms with Gasteiger partial charge < -0.3 is 14.9 Å². The Bertz CT molecular complexity index is 1410. The van der Waals surface area contributed by atoms with Crippen molar-refractivity contribution in [2.75, 3.05) is 6.61 Å². The number of rotatable bonds is 4. The number of benzene rings is 1. The van der Waals surface area contributed by atoms with Gasteiger partial charge in [-0.05, 0) is 73.8 Å². The summed E-state index contributed by atoms with van der Waals surface area (Å²) in [7, 11) is 0. The van der Waals surface area contributed by atoms with E-state index in [9.17, 15) is 19.8 Å². The first-order valence-corrected chi connectivity index (χ1v) is 13.8. The number of aliphatic hydroxyl groups is 2. The second-order valence-electron chi connectivity index (χ2n) is 12.2. The number of ketones is 2. The topological polar surface area (TPSA) is 110 Å². The molecule has 1 aromatic carbocycles. The van der Waals surface area contributed by atoms with Crippen LogP contribution in [0.4, 0.5) is 0 Å². The molecule has 0 amide bonds. The van der Waals surface area contributed by atoms with Crippen LogP contribution in [0.15, 0.2) is 48.3 Å². The van der Waals surface area contributed by atoms with Crippen LogP contribution in [0.3, 0.4) is 0 Å². The standard InChI is InChI=1S/C30H33ClN2O5/c1-16-10-22-20-6-4-17-11-19(34)8-9-28(17,2)26(20)24(35)13-29(22,3)30(16,37)25(36)14-38-27-21-12-18(31)5-7-23(21)32-15-33-27/h5,7-9,11-12,15-16,20,22,24,26,35,37H,4,6,10,13-14H2,1-3H3/t16-,20?,22?,24+,26?,28?,29?,30+/m1/s1. The fraction of sp³-hybridized carbons (Fsp3) is 0.533. The first-order valence-electron chi connectivity index (χ1n) is 13.4. The Kier molecular flexibility index (Phi) is 5.87. The van der Waals surface area contributed by atoms with Crippen molar-refractivity contribution in [3.05, 3.63) is 53.4 Å². The van der Waals surface area contributed by atoms with Crippen LogP contribution < -0.4 is 4.74 Å². The molecule has 1 heterocycles. The summed E-state index contributed by atoms with van der Waals surface area (Å²) in [5, 5.41) is 24.9. The van der Waals surface area contributed by atoms with E-state index in [1.165, 1.54) is 6.33 Å². The van der Waals surface area contributed by atoms with Crippen molar-refractivity contribution in [1.29, 1.82) is 0 Å². The summed E-state index contributed by atoms with van der Waals surface area (Å²) in [5.41, 5.74) is -1.14. The predicted molar refractivity (Wildman–Crippen MR) is 143 cm³/mol. The normalized spacial score (nSPS) is 39.8. The average molecular weight is 537 g/mol. The van der Waals surface area contributed by atoms with Crippen molar-refractivity contribution in [3.63, 3.8) is 0 Å². The highest BCUT2D eigenvalue weighted by Crippen LogP contribution is 2.68. The number of Topliss-reactive ketones (excluding diaryl/α,β-unsaturated/α-hetero) is 1. The second kappa shape index (κ2) is 8.70. The van der Waals surface area contributed by atoms with E-state index in [4.69, 9.17) is 16.3 Å². The third-order valence-corrected chi connectivity index (χ3v) is 10.6. The SMILES string of the molecule is C[C@@H]1CC2C3CCC4=CC(=O)C=CC4(C)C3[C@@H](O)CC2(C)[C@@]1(O)C(=O)COc1ncnc2ccc(Cl)cc12. The first kappa shape index (κ1) is 25.7. The first-order chi connectivity index (χ1) is 18.0. The summed E-state index contributed by atoms with van der Waals surface area (Å²) in [6.45, 7) is 5.66. The van der Waals surface area contributed by atoms with Gasteiger partial charge in [-0.2, -0.15) is 0 Å². The Balaban J connectivity index is 1.29. The van der Waals surface area contributed by atoms with Crippen LogP contribution in [0.2, 0.25) is 5.02 Å². The summed E-state index contributed by atoms with van der Waals surface area (Å²) in [6.07, 6.45) is 8.57. The minimum Gasteiger partial charge on any atom is -0.469 e. The number of hydrogen-bond donors (Lipinski definition) is 2. The summed E-state index contributed by atoms with van der Waals surface area (Å²) >= 11 is 6.16. The number of ether oxygens (including phenoxy) is 1. The lowest BCUT2D eigenvalue weighted by atomic mass is 9.46. The van der Waals surface area contributed by atoms with E-state index < -0.39 is 28.3 Å². The lowest BCUT2D eigenvalue weighted by Crippen LogP contribution is -2.63. The lowest BCUT2D eigenvalue weighted by Gasteiger charge is -2.59. The zero-order chi connectivity index (χ0) is 27.0. The Morgan fingerprint density at radius 1 is 1.26 bits per heavy atom. The molecule has 38 heavy (non-hydrogen) atoms. The number of halogens is 1. The number of carbonyl (C=O) groups excluding carboxylic acids is 2. The minimum absolute atomic E-state index is 0.000685. The monoisotopic (exact) mass is 536 g/mol. The van der Waals surface area contributed by atoms with Gasteiger partial charge in [-0.15, -0.1) is 0 Å². The van der Waals surface area contributed by atoms with Gasteiger partial charge in [-0.1, -0.05) is 44.0 Å². The van der Waals surface area contributed by atoms with E-state index in [2.05, 4.69) is 16.9 Å². The molecule has 0 radical (unpaired) electrons. The molecule has 7 nitrogen and oxygen atoms in total. The predicted octanol–water partition coefficient (Wildman–Crippen LogP) is 4.49. The van der Waals surface area contributed by atoms with Crippen molar-refractivity contribution in [2.24, 2.45) is 34.5 Å². The lowest BCUT2D eigenvalue weighted by molar-refractivity contribution is -0.183. The van der Waals surface area contributed by atoms with Crippen LogP contribution in [-0.2, 0) is 9.59 Å². The molecule has 2 N–H and O–H groups in total. The number of aromatic nitrogens is 2. The molecular formula is C30H33ClN2O5. The Morgan fingerprint density at radius 3 is 2.84 bits per heavy atom.